The number of ether oxygens (including phenoxy) is 5. The fourth-order valence-corrected chi connectivity index (χ4v) is 22.1. The van der Waals surface area contributed by atoms with E-state index in [9.17, 15) is 39.6 Å². The van der Waals surface area contributed by atoms with Gasteiger partial charge in [0.25, 0.3) is 0 Å². The quantitative estimate of drug-likeness (QED) is 0.00709. The Kier molecular flexibility index (Phi) is 37.7. The molecular formula is C106H110BrCl4N17O14S7. The number of primary sulfonamides is 3. The number of nitrogen functional groups attached to an aromatic ring is 3. The number of alkyl halides is 1. The van der Waals surface area contributed by atoms with Gasteiger partial charge in [-0.05, 0) is 333 Å². The molecule has 5 aliphatic carbocycles. The Balaban J connectivity index is 0.000000154. The molecule has 5 saturated carbocycles. The molecule has 0 atom stereocenters. The minimum absolute atomic E-state index is 0. The standard InChI is InChI=1S/C25H22BrClN4O4S2.C25H24ClN5O4S2.C16H16N4OS.C15H13NOS.C14H15NO.C8H8Cl2N2O3S.3CH4/c1-35-17-5-7-20-19(14-2-3-14)8-9-23(21(20)11-17)31-24(26)29-30-25(31)36-13-16(32)10-15-4-6-18(12-22(15)27)37(28,33)34;1-35-17-5-7-20-19(14-2-3-14)8-9-23(21(20)11-17)31-24(27)29-30-25(31)36-13-16(32)10-15-4-6-18(12-22(15)26)37(28,33)34;1-21-10-4-5-12-11(9-2-3-9)6-7-14(13(12)8-10)20-15(17)18-19-16(20)22;1-17-11-4-5-13-12(10-2-3-10)6-7-15(16-9-18)14(13)8-11;1-16-10-4-5-12-11(9-2-3-9)6-7-14(15)13(12)8-10;9-4-8(13)12-7-2-1-5(3-6(7)10)16(11,14)15;;;/h4-9,11-12,14H,2-3,10,13H2,1H3,(H2,28,33,34);4-9,11-12,14H,2-3,10,13H2,1H3,(H2,27,29)(H2,28,33,34);4-9H,2-3H2,1H3,(H2,17,18)(H,19,22);4-8,10H,2-3H2,1H3;4-9H,2-3,15H2,1H3;1-3H,4H2,(H,12,13)(H2,11,14,15);3*1H4. The number of thiocarbonyl (C=S) groups is 1. The van der Waals surface area contributed by atoms with E-state index in [2.05, 4.69) is 135 Å². The van der Waals surface area contributed by atoms with E-state index < -0.39 is 36.0 Å². The van der Waals surface area contributed by atoms with Gasteiger partial charge in [0.1, 0.15) is 46.2 Å². The van der Waals surface area contributed by atoms with E-state index in [4.69, 9.17) is 127 Å². The number of ketones is 2. The number of amides is 1. The Labute approximate surface area is 910 Å². The summed E-state index contributed by atoms with van der Waals surface area (Å²) in [4.78, 5) is 40.3. The second kappa shape index (κ2) is 49.3. The number of fused-ring (bicyclic) bond motifs is 5. The van der Waals surface area contributed by atoms with Gasteiger partial charge in [-0.3, -0.25) is 28.1 Å². The largest absolute Gasteiger partial charge is 0.497 e. The third-order valence-corrected chi connectivity index (χ3v) is 31.9. The molecule has 0 bridgehead atoms. The number of sulfonamides is 3. The summed E-state index contributed by atoms with van der Waals surface area (Å²) < 4.78 is 101. The molecule has 16 aromatic rings. The third kappa shape index (κ3) is 27.4. The van der Waals surface area contributed by atoms with Crippen LogP contribution in [0.2, 0.25) is 15.1 Å². The molecule has 3 aromatic heterocycles. The van der Waals surface area contributed by atoms with Gasteiger partial charge in [-0.1, -0.05) is 153 Å². The third-order valence-electron chi connectivity index (χ3n) is 25.0. The molecule has 14 N–H and O–H groups in total. The number of benzene rings is 13. The van der Waals surface area contributed by atoms with Crippen molar-refractivity contribution in [3.8, 4) is 45.8 Å². The predicted octanol–water partition coefficient (Wildman–Crippen LogP) is 23.8. The first-order chi connectivity index (χ1) is 70.0. The van der Waals surface area contributed by atoms with E-state index in [0.29, 0.717) is 60.6 Å². The molecule has 0 unspecified atom stereocenters. The Hall–Kier alpha value is -12.1. The number of aromatic nitrogens is 9. The van der Waals surface area contributed by atoms with Crippen LogP contribution in [0.5, 0.6) is 28.7 Å². The maximum atomic E-state index is 12.8. The number of H-pyrrole nitrogens is 1. The first kappa shape index (κ1) is 114. The molecule has 780 valence electrons. The van der Waals surface area contributed by atoms with E-state index in [0.717, 1.165) is 107 Å². The van der Waals surface area contributed by atoms with Gasteiger partial charge in [0.2, 0.25) is 57.4 Å². The van der Waals surface area contributed by atoms with Gasteiger partial charge in [0.15, 0.2) is 10.3 Å². The lowest BCUT2D eigenvalue weighted by Gasteiger charge is -2.15. The Morgan fingerprint density at radius 3 is 1.14 bits per heavy atom. The molecule has 0 spiro atoms. The number of isothiocyanates is 1. The van der Waals surface area contributed by atoms with Crippen LogP contribution in [0.3, 0.4) is 0 Å². The van der Waals surface area contributed by atoms with Gasteiger partial charge >= 0.3 is 0 Å². The highest BCUT2D eigenvalue weighted by atomic mass is 79.9. The number of nitrogens with zero attached hydrogens (tertiary/aromatic N) is 9. The molecular weight excluding hydrogens is 2180 g/mol. The Morgan fingerprint density at radius 1 is 0.436 bits per heavy atom. The van der Waals surface area contributed by atoms with Gasteiger partial charge in [0.05, 0.1) is 100 Å². The number of halogens is 5. The van der Waals surface area contributed by atoms with Crippen molar-refractivity contribution >= 4 is 246 Å². The minimum atomic E-state index is -3.88. The van der Waals surface area contributed by atoms with Gasteiger partial charge in [-0.25, -0.2) is 45.8 Å². The number of Topliss-reactive ketones (excluding diaryl/α,β-unsaturated/α-hetero) is 2. The van der Waals surface area contributed by atoms with Crippen molar-refractivity contribution in [2.45, 2.75) is 154 Å². The highest BCUT2D eigenvalue weighted by Crippen LogP contribution is 2.51. The summed E-state index contributed by atoms with van der Waals surface area (Å²) in [6.45, 7) is 0. The number of anilines is 4. The fourth-order valence-electron chi connectivity index (χ4n) is 17.0. The van der Waals surface area contributed by atoms with Crippen molar-refractivity contribution in [1.82, 2.24) is 44.3 Å². The lowest BCUT2D eigenvalue weighted by atomic mass is 9.99. The van der Waals surface area contributed by atoms with Crippen molar-refractivity contribution < 1.29 is 63.3 Å². The predicted molar refractivity (Wildman–Crippen MR) is 607 cm³/mol. The van der Waals surface area contributed by atoms with Crippen molar-refractivity contribution in [3.63, 3.8) is 0 Å². The molecule has 31 nitrogen and oxygen atoms in total. The molecule has 13 aromatic carbocycles. The van der Waals surface area contributed by atoms with Crippen molar-refractivity contribution in [2.24, 2.45) is 20.4 Å². The second-order valence-corrected chi connectivity index (χ2v) is 44.4. The molecule has 21 rings (SSSR count). The summed E-state index contributed by atoms with van der Waals surface area (Å²) in [6, 6.07) is 63.3. The topological polar surface area (TPSA) is 475 Å². The maximum Gasteiger partial charge on any atom is 0.239 e. The number of rotatable bonds is 29. The Morgan fingerprint density at radius 2 is 0.779 bits per heavy atom. The van der Waals surface area contributed by atoms with Crippen LogP contribution in [0.15, 0.2) is 241 Å². The fraction of sp³-hybridized carbons (Fsp3) is 0.264. The zero-order valence-electron chi connectivity index (χ0n) is 79.1. The highest BCUT2D eigenvalue weighted by molar-refractivity contribution is 9.10. The van der Waals surface area contributed by atoms with E-state index >= 15 is 0 Å². The Bertz CT molecular complexity index is 8040. The number of hydrogen-bond donors (Lipinski definition) is 8. The summed E-state index contributed by atoms with van der Waals surface area (Å²) in [5.41, 5.74) is 30.7. The van der Waals surface area contributed by atoms with Crippen molar-refractivity contribution in [3.05, 3.63) is 270 Å². The van der Waals surface area contributed by atoms with E-state index in [-0.39, 0.29) is 105 Å². The summed E-state index contributed by atoms with van der Waals surface area (Å²) in [7, 11) is -3.26. The second-order valence-electron chi connectivity index (χ2n) is 35.0. The molecule has 0 aliphatic heterocycles. The SMILES string of the molecule is C.C.C.COc1ccc2c(C3CC3)ccc(-n3c(Br)nnc3SCC(=O)Cc3ccc(S(N)(=O)=O)cc3Cl)c2c1.COc1ccc2c(C3CC3)ccc(-n3c(N)n[nH]c3=S)c2c1.COc1ccc2c(C3CC3)ccc(-n3c(N)nnc3SCC(=O)Cc3ccc(S(N)(=O)=O)cc3Cl)c2c1.COc1ccc2c(C3CC3)ccc(N)c2c1.COc1ccc2c(C3CC3)ccc(N=C=S)c2c1.NS(=O)(=O)c1ccc(NC(=O)CCl)c(Cl)c1. The van der Waals surface area contributed by atoms with Crippen LogP contribution in [0, 0.1) is 4.77 Å². The van der Waals surface area contributed by atoms with Crippen LogP contribution in [0.4, 0.5) is 29.0 Å². The average molecular weight is 2290 g/mol. The highest BCUT2D eigenvalue weighted by Gasteiger charge is 2.33. The number of carbonyl (C=O) groups is 3. The molecule has 43 heteroatoms. The van der Waals surface area contributed by atoms with Crippen LogP contribution >= 0.6 is 110 Å². The normalized spacial score (nSPS) is 13.5. The monoisotopic (exact) mass is 2290 g/mol. The molecule has 0 saturated heterocycles. The average Bonchev–Trinajstić information content (AvgIpc) is 1.64. The van der Waals surface area contributed by atoms with Gasteiger partial charge in [-0.2, -0.15) is 4.99 Å². The number of carbonyl (C=O) groups excluding carboxylic acids is 3. The van der Waals surface area contributed by atoms with Crippen LogP contribution < -0.4 is 61.6 Å². The number of aromatic amines is 1. The van der Waals surface area contributed by atoms with Gasteiger partial charge in [-0.15, -0.1) is 37.1 Å². The van der Waals surface area contributed by atoms with E-state index in [1.807, 2.05) is 83.4 Å². The van der Waals surface area contributed by atoms with Crippen LogP contribution in [0.25, 0.3) is 70.9 Å². The maximum absolute atomic E-state index is 12.8. The van der Waals surface area contributed by atoms with Crippen LogP contribution in [0.1, 0.15) is 155 Å². The smallest absolute Gasteiger partial charge is 0.239 e. The molecule has 5 fully saturated rings. The van der Waals surface area contributed by atoms with Crippen LogP contribution in [-0.2, 0) is 57.3 Å². The molecule has 149 heavy (non-hydrogen) atoms. The van der Waals surface area contributed by atoms with E-state index in [1.165, 1.54) is 180 Å². The summed E-state index contributed by atoms with van der Waals surface area (Å²) in [5, 5.41) is 56.3. The first-order valence-electron chi connectivity index (χ1n) is 45.7. The summed E-state index contributed by atoms with van der Waals surface area (Å²) in [5.74, 6) is 7.16. The molecule has 1 amide bonds. The number of methoxy groups -OCH3 is 5. The summed E-state index contributed by atoms with van der Waals surface area (Å²) in [6.07, 6.45) is 12.5. The molecule has 3 heterocycles. The van der Waals surface area contributed by atoms with E-state index in [1.54, 1.807) is 44.7 Å². The zero-order valence-corrected chi connectivity index (χ0v) is 89.4. The zero-order chi connectivity index (χ0) is 104. The number of nitrogens with one attached hydrogen (secondary N) is 2. The lowest BCUT2D eigenvalue weighted by molar-refractivity contribution is -0.116. The van der Waals surface area contributed by atoms with Gasteiger partial charge < -0.3 is 46.2 Å². The number of aliphatic imine (C=N–C) groups is 1. The lowest BCUT2D eigenvalue weighted by Crippen LogP contribution is -2.14. The van der Waals surface area contributed by atoms with Crippen molar-refractivity contribution in [2.75, 3.05) is 75.5 Å². The minimum Gasteiger partial charge on any atom is -0.497 e. The van der Waals surface area contributed by atoms with Gasteiger partial charge in [0, 0.05) is 55.5 Å². The molecule has 0 radical (unpaired) electrons. The van der Waals surface area contributed by atoms with Crippen molar-refractivity contribution in [1.29, 1.82) is 0 Å². The number of hydrogen-bond acceptors (Lipinski definition) is 27. The molecule has 5 aliphatic rings. The number of nitrogens with two attached hydrogens (primary N) is 6. The van der Waals surface area contributed by atoms with Crippen LogP contribution in [-0.4, -0.2) is 145 Å². The first-order valence-corrected chi connectivity index (χ1v) is 55.6. The number of thioether (sulfide) groups is 2. The summed E-state index contributed by atoms with van der Waals surface area (Å²) >= 11 is 39.4.